The Morgan fingerprint density at radius 3 is 3.06 bits per heavy atom. The lowest BCUT2D eigenvalue weighted by Gasteiger charge is -2.19. The highest BCUT2D eigenvalue weighted by atomic mass is 32.2. The van der Waals surface area contributed by atoms with Gasteiger partial charge in [0.05, 0.1) is 7.05 Å². The SMILES string of the molecule is CCNN1NSC=C1c1ncc([N+](=O)[O-])n1C. The Kier molecular flexibility index (Phi) is 3.31. The molecule has 0 saturated carbocycles. The van der Waals surface area contributed by atoms with Crippen LogP contribution in [0.25, 0.3) is 5.70 Å². The summed E-state index contributed by atoms with van der Waals surface area (Å²) < 4.78 is 1.45. The van der Waals surface area contributed by atoms with Crippen LogP contribution in [0, 0.1) is 10.1 Å². The molecule has 0 aliphatic carbocycles. The van der Waals surface area contributed by atoms with Crippen LogP contribution < -0.4 is 10.3 Å². The lowest BCUT2D eigenvalue weighted by molar-refractivity contribution is -0.391. The number of hydrogen-bond donors (Lipinski definition) is 2. The van der Waals surface area contributed by atoms with Gasteiger partial charge in [0.15, 0.2) is 0 Å². The van der Waals surface area contributed by atoms with E-state index in [1.165, 1.54) is 22.7 Å². The molecule has 0 atom stereocenters. The Balaban J connectivity index is 2.31. The number of nitrogens with zero attached hydrogens (tertiary/aromatic N) is 4. The molecule has 8 nitrogen and oxygen atoms in total. The lowest BCUT2D eigenvalue weighted by atomic mass is 10.4. The van der Waals surface area contributed by atoms with Crippen LogP contribution in [0.4, 0.5) is 5.82 Å². The van der Waals surface area contributed by atoms with E-state index in [-0.39, 0.29) is 5.82 Å². The van der Waals surface area contributed by atoms with Gasteiger partial charge in [-0.25, -0.2) is 20.1 Å². The standard InChI is InChI=1S/C8H12N6O2S/c1-3-10-13-6(5-17-11-13)8-9-4-7(12(8)2)14(15)16/h4-5,10-11H,3H2,1-2H3. The lowest BCUT2D eigenvalue weighted by Crippen LogP contribution is -2.41. The van der Waals surface area contributed by atoms with Gasteiger partial charge in [0.1, 0.15) is 11.9 Å². The topological polar surface area (TPSA) is 88.3 Å². The van der Waals surface area contributed by atoms with Crippen LogP contribution in [-0.2, 0) is 7.05 Å². The fourth-order valence-electron chi connectivity index (χ4n) is 1.47. The third-order valence-electron chi connectivity index (χ3n) is 2.25. The number of nitro groups is 1. The summed E-state index contributed by atoms with van der Waals surface area (Å²) in [6, 6.07) is 0. The van der Waals surface area contributed by atoms with Gasteiger partial charge in [-0.15, -0.1) is 0 Å². The molecule has 0 spiro atoms. The molecular weight excluding hydrogens is 244 g/mol. The molecule has 2 rings (SSSR count). The van der Waals surface area contributed by atoms with E-state index in [1.807, 2.05) is 12.3 Å². The quantitative estimate of drug-likeness (QED) is 0.464. The monoisotopic (exact) mass is 256 g/mol. The van der Waals surface area contributed by atoms with Crippen molar-refractivity contribution in [2.45, 2.75) is 6.92 Å². The van der Waals surface area contributed by atoms with Gasteiger partial charge in [-0.05, 0) is 16.9 Å². The summed E-state index contributed by atoms with van der Waals surface area (Å²) in [5, 5.41) is 14.3. The maximum Gasteiger partial charge on any atom is 0.342 e. The summed E-state index contributed by atoms with van der Waals surface area (Å²) in [6.07, 6.45) is 1.25. The van der Waals surface area contributed by atoms with E-state index in [0.717, 1.165) is 12.2 Å². The first kappa shape index (κ1) is 11.9. The van der Waals surface area contributed by atoms with Crippen molar-refractivity contribution in [3.63, 3.8) is 0 Å². The second-order valence-corrected chi connectivity index (χ2v) is 3.97. The first-order valence-electron chi connectivity index (χ1n) is 4.96. The molecule has 17 heavy (non-hydrogen) atoms. The maximum atomic E-state index is 10.7. The molecule has 2 heterocycles. The second kappa shape index (κ2) is 4.73. The Morgan fingerprint density at radius 2 is 2.47 bits per heavy atom. The fraction of sp³-hybridized carbons (Fsp3) is 0.375. The third-order valence-corrected chi connectivity index (χ3v) is 2.88. The molecule has 0 radical (unpaired) electrons. The first-order chi connectivity index (χ1) is 8.15. The summed E-state index contributed by atoms with van der Waals surface area (Å²) in [4.78, 5) is 17.3. The minimum absolute atomic E-state index is 0.0331. The molecule has 0 saturated heterocycles. The minimum atomic E-state index is -0.454. The van der Waals surface area contributed by atoms with E-state index in [4.69, 9.17) is 0 Å². The molecule has 0 amide bonds. The van der Waals surface area contributed by atoms with E-state index >= 15 is 0 Å². The fourth-order valence-corrected chi connectivity index (χ4v) is 2.12. The highest BCUT2D eigenvalue weighted by molar-refractivity contribution is 8.00. The highest BCUT2D eigenvalue weighted by Gasteiger charge is 2.26. The molecule has 1 aromatic heterocycles. The predicted octanol–water partition coefficient (Wildman–Crippen LogP) is 0.620. The number of hydrazine groups is 2. The predicted molar refractivity (Wildman–Crippen MR) is 64.1 cm³/mol. The van der Waals surface area contributed by atoms with Crippen LogP contribution in [-0.4, -0.2) is 26.1 Å². The summed E-state index contributed by atoms with van der Waals surface area (Å²) >= 11 is 1.38. The Bertz CT molecular complexity index is 471. The van der Waals surface area contributed by atoms with Crippen molar-refractivity contribution in [1.29, 1.82) is 0 Å². The smallest absolute Gasteiger partial charge is 0.342 e. The highest BCUT2D eigenvalue weighted by Crippen LogP contribution is 2.26. The molecule has 9 heteroatoms. The Morgan fingerprint density at radius 1 is 1.71 bits per heavy atom. The van der Waals surface area contributed by atoms with E-state index < -0.39 is 4.92 Å². The van der Waals surface area contributed by atoms with Crippen molar-refractivity contribution >= 4 is 23.5 Å². The van der Waals surface area contributed by atoms with Crippen LogP contribution in [0.15, 0.2) is 11.6 Å². The van der Waals surface area contributed by atoms with Gasteiger partial charge in [-0.2, -0.15) is 4.83 Å². The Labute approximate surface area is 102 Å². The number of hydrogen-bond acceptors (Lipinski definition) is 7. The summed E-state index contributed by atoms with van der Waals surface area (Å²) in [5.74, 6) is 0.504. The summed E-state index contributed by atoms with van der Waals surface area (Å²) in [5.41, 5.74) is 3.83. The van der Waals surface area contributed by atoms with E-state index in [9.17, 15) is 10.1 Å². The molecule has 0 fully saturated rings. The van der Waals surface area contributed by atoms with Crippen molar-refractivity contribution < 1.29 is 4.92 Å². The van der Waals surface area contributed by atoms with Gasteiger partial charge in [0.2, 0.25) is 5.82 Å². The van der Waals surface area contributed by atoms with Crippen LogP contribution >= 0.6 is 11.9 Å². The van der Waals surface area contributed by atoms with E-state index in [1.54, 1.807) is 12.2 Å². The number of imidazole rings is 1. The number of rotatable bonds is 4. The molecular formula is C8H12N6O2S. The largest absolute Gasteiger partial charge is 0.358 e. The first-order valence-corrected chi connectivity index (χ1v) is 5.84. The molecule has 92 valence electrons. The average Bonchev–Trinajstić information content (AvgIpc) is 2.85. The van der Waals surface area contributed by atoms with Gasteiger partial charge < -0.3 is 10.1 Å². The zero-order valence-electron chi connectivity index (χ0n) is 9.38. The van der Waals surface area contributed by atoms with E-state index in [0.29, 0.717) is 5.82 Å². The van der Waals surface area contributed by atoms with Gasteiger partial charge in [-0.3, -0.25) is 0 Å². The minimum Gasteiger partial charge on any atom is -0.358 e. The molecule has 1 aliphatic heterocycles. The molecule has 0 bridgehead atoms. The van der Waals surface area contributed by atoms with Crippen molar-refractivity contribution in [2.24, 2.45) is 7.05 Å². The third kappa shape index (κ3) is 2.12. The van der Waals surface area contributed by atoms with Gasteiger partial charge in [-0.1, -0.05) is 6.92 Å². The van der Waals surface area contributed by atoms with Crippen molar-refractivity contribution in [2.75, 3.05) is 6.54 Å². The maximum absolute atomic E-state index is 10.7. The molecule has 0 aromatic carbocycles. The zero-order chi connectivity index (χ0) is 12.4. The summed E-state index contributed by atoms with van der Waals surface area (Å²) in [6.45, 7) is 2.70. The summed E-state index contributed by atoms with van der Waals surface area (Å²) in [7, 11) is 1.62. The normalized spacial score (nSPS) is 15.2. The van der Waals surface area contributed by atoms with Gasteiger partial charge in [0, 0.05) is 12.0 Å². The van der Waals surface area contributed by atoms with Crippen molar-refractivity contribution in [3.05, 3.63) is 27.5 Å². The second-order valence-electron chi connectivity index (χ2n) is 3.32. The molecule has 1 aliphatic rings. The number of aromatic nitrogens is 2. The van der Waals surface area contributed by atoms with Crippen molar-refractivity contribution in [1.82, 2.24) is 24.9 Å². The Hall–Kier alpha value is -1.58. The number of nitrogens with one attached hydrogen (secondary N) is 2. The van der Waals surface area contributed by atoms with Gasteiger partial charge >= 0.3 is 5.82 Å². The van der Waals surface area contributed by atoms with Gasteiger partial charge in [0.25, 0.3) is 0 Å². The molecule has 0 unspecified atom stereocenters. The average molecular weight is 256 g/mol. The zero-order valence-corrected chi connectivity index (χ0v) is 10.2. The van der Waals surface area contributed by atoms with Crippen LogP contribution in [0.2, 0.25) is 0 Å². The van der Waals surface area contributed by atoms with Crippen LogP contribution in [0.5, 0.6) is 0 Å². The van der Waals surface area contributed by atoms with Crippen LogP contribution in [0.1, 0.15) is 12.7 Å². The van der Waals surface area contributed by atoms with E-state index in [2.05, 4.69) is 15.2 Å². The van der Waals surface area contributed by atoms with Crippen LogP contribution in [0.3, 0.4) is 0 Å². The van der Waals surface area contributed by atoms with Crippen molar-refractivity contribution in [3.8, 4) is 0 Å². The molecule has 1 aromatic rings. The molecule has 2 N–H and O–H groups in total.